The molecule has 3 rings (SSSR count). The first kappa shape index (κ1) is 22.4. The fourth-order valence-corrected chi connectivity index (χ4v) is 4.60. The molecule has 1 aliphatic carbocycles. The molecule has 162 valence electrons. The van der Waals surface area contributed by atoms with Crippen LogP contribution < -0.4 is 10.1 Å². The maximum atomic E-state index is 12.4. The predicted molar refractivity (Wildman–Crippen MR) is 121 cm³/mol. The van der Waals surface area contributed by atoms with Gasteiger partial charge in [0.25, 0.3) is 0 Å². The number of rotatable bonds is 9. The van der Waals surface area contributed by atoms with Gasteiger partial charge >= 0.3 is 0 Å². The van der Waals surface area contributed by atoms with Gasteiger partial charge in [-0.1, -0.05) is 54.8 Å². The number of thioether (sulfide) groups is 1. The minimum Gasteiger partial charge on any atom is -0.482 e. The summed E-state index contributed by atoms with van der Waals surface area (Å²) in [5, 5.41) is 12.5. The van der Waals surface area contributed by atoms with Gasteiger partial charge in [0.1, 0.15) is 5.75 Å². The summed E-state index contributed by atoms with van der Waals surface area (Å²) in [5.74, 6) is 1.95. The summed E-state index contributed by atoms with van der Waals surface area (Å²) < 4.78 is 8.14. The van der Waals surface area contributed by atoms with Crippen molar-refractivity contribution in [3.05, 3.63) is 47.8 Å². The Balaban J connectivity index is 1.64. The molecule has 1 aromatic heterocycles. The molecule has 1 saturated carbocycles. The highest BCUT2D eigenvalue weighted by Crippen LogP contribution is 2.27. The number of aryl methyl sites for hydroxylation is 2. The first-order chi connectivity index (χ1) is 14.5. The summed E-state index contributed by atoms with van der Waals surface area (Å²) in [5.41, 5.74) is 2.29. The summed E-state index contributed by atoms with van der Waals surface area (Å²) >= 11 is 1.41. The van der Waals surface area contributed by atoms with Crippen LogP contribution in [0.1, 0.15) is 62.1 Å². The molecule has 1 atom stereocenters. The SMILES string of the molecule is C=CCn1c(SCC(=O)NC2CCCCC2)nnc1C(C)Oc1ccc(C)cc1C. The van der Waals surface area contributed by atoms with Gasteiger partial charge in [-0.05, 0) is 45.2 Å². The third-order valence-electron chi connectivity index (χ3n) is 5.36. The highest BCUT2D eigenvalue weighted by Gasteiger charge is 2.21. The van der Waals surface area contributed by atoms with Gasteiger partial charge in [0, 0.05) is 12.6 Å². The van der Waals surface area contributed by atoms with Crippen molar-refractivity contribution in [3.8, 4) is 5.75 Å². The Bertz CT molecular complexity index is 874. The molecule has 1 heterocycles. The van der Waals surface area contributed by atoms with Crippen molar-refractivity contribution in [1.29, 1.82) is 0 Å². The number of hydrogen-bond acceptors (Lipinski definition) is 5. The number of amides is 1. The molecule has 0 saturated heterocycles. The van der Waals surface area contributed by atoms with E-state index in [-0.39, 0.29) is 12.0 Å². The number of hydrogen-bond donors (Lipinski definition) is 1. The summed E-state index contributed by atoms with van der Waals surface area (Å²) in [4.78, 5) is 12.4. The van der Waals surface area contributed by atoms with Crippen LogP contribution in [0, 0.1) is 13.8 Å². The smallest absolute Gasteiger partial charge is 0.230 e. The summed E-state index contributed by atoms with van der Waals surface area (Å²) in [6.07, 6.45) is 7.38. The van der Waals surface area contributed by atoms with Crippen LogP contribution in [0.3, 0.4) is 0 Å². The van der Waals surface area contributed by atoms with E-state index in [4.69, 9.17) is 4.74 Å². The maximum absolute atomic E-state index is 12.4. The first-order valence-corrected chi connectivity index (χ1v) is 11.7. The lowest BCUT2D eigenvalue weighted by atomic mass is 9.95. The van der Waals surface area contributed by atoms with Crippen molar-refractivity contribution in [2.45, 2.75) is 76.7 Å². The van der Waals surface area contributed by atoms with Crippen molar-refractivity contribution in [3.63, 3.8) is 0 Å². The van der Waals surface area contributed by atoms with E-state index in [1.165, 1.54) is 36.6 Å². The molecule has 1 aliphatic rings. The van der Waals surface area contributed by atoms with E-state index >= 15 is 0 Å². The molecule has 1 amide bonds. The van der Waals surface area contributed by atoms with Gasteiger partial charge in [-0.25, -0.2) is 0 Å². The molecular weight excluding hydrogens is 396 g/mol. The standard InChI is InChI=1S/C23H32N4O2S/c1-5-13-27-22(18(4)29-20-12-11-16(2)14-17(20)3)25-26-23(27)30-15-21(28)24-19-9-7-6-8-10-19/h5,11-12,14,18-19H,1,6-10,13,15H2,2-4H3,(H,24,28). The average Bonchev–Trinajstić information content (AvgIpc) is 3.12. The van der Waals surface area contributed by atoms with Crippen molar-refractivity contribution in [2.75, 3.05) is 5.75 Å². The molecule has 2 aromatic rings. The minimum atomic E-state index is -0.274. The number of aromatic nitrogens is 3. The Morgan fingerprint density at radius 1 is 1.33 bits per heavy atom. The average molecular weight is 429 g/mol. The quantitative estimate of drug-likeness (QED) is 0.461. The Morgan fingerprint density at radius 2 is 2.10 bits per heavy atom. The lowest BCUT2D eigenvalue weighted by Gasteiger charge is -2.22. The van der Waals surface area contributed by atoms with Crippen LogP contribution in [0.4, 0.5) is 0 Å². The lowest BCUT2D eigenvalue weighted by Crippen LogP contribution is -2.37. The van der Waals surface area contributed by atoms with E-state index in [0.717, 1.165) is 30.0 Å². The lowest BCUT2D eigenvalue weighted by molar-refractivity contribution is -0.119. The fraction of sp³-hybridized carbons (Fsp3) is 0.522. The van der Waals surface area contributed by atoms with E-state index in [1.807, 2.05) is 36.6 Å². The minimum absolute atomic E-state index is 0.0566. The van der Waals surface area contributed by atoms with E-state index in [9.17, 15) is 4.79 Å². The van der Waals surface area contributed by atoms with Crippen LogP contribution in [0.2, 0.25) is 0 Å². The Morgan fingerprint density at radius 3 is 2.80 bits per heavy atom. The number of carbonyl (C=O) groups is 1. The van der Waals surface area contributed by atoms with E-state index in [2.05, 4.69) is 35.1 Å². The molecule has 1 aromatic carbocycles. The number of allylic oxidation sites excluding steroid dienone is 1. The first-order valence-electron chi connectivity index (χ1n) is 10.7. The number of nitrogens with zero attached hydrogens (tertiary/aromatic N) is 3. The predicted octanol–water partition coefficient (Wildman–Crippen LogP) is 4.76. The normalized spacial score (nSPS) is 15.6. The van der Waals surface area contributed by atoms with Gasteiger partial charge in [-0.15, -0.1) is 16.8 Å². The molecule has 30 heavy (non-hydrogen) atoms. The van der Waals surface area contributed by atoms with Crippen molar-refractivity contribution >= 4 is 17.7 Å². The van der Waals surface area contributed by atoms with Gasteiger partial charge < -0.3 is 10.1 Å². The summed E-state index contributed by atoms with van der Waals surface area (Å²) in [6, 6.07) is 6.44. The van der Waals surface area contributed by atoms with E-state index < -0.39 is 0 Å². The zero-order chi connectivity index (χ0) is 21.5. The molecule has 0 radical (unpaired) electrons. The van der Waals surface area contributed by atoms with Crippen LogP contribution in [-0.2, 0) is 11.3 Å². The molecule has 0 spiro atoms. The second-order valence-corrected chi connectivity index (χ2v) is 8.90. The van der Waals surface area contributed by atoms with Crippen LogP contribution in [0.5, 0.6) is 5.75 Å². The molecule has 0 aliphatic heterocycles. The molecule has 1 N–H and O–H groups in total. The number of nitrogens with one attached hydrogen (secondary N) is 1. The van der Waals surface area contributed by atoms with Crippen molar-refractivity contribution in [1.82, 2.24) is 20.1 Å². The topological polar surface area (TPSA) is 69.0 Å². The molecule has 0 bridgehead atoms. The maximum Gasteiger partial charge on any atom is 0.230 e. The Kier molecular flexibility index (Phi) is 7.96. The van der Waals surface area contributed by atoms with Gasteiger partial charge in [0.2, 0.25) is 5.91 Å². The van der Waals surface area contributed by atoms with Crippen molar-refractivity contribution in [2.24, 2.45) is 0 Å². The second kappa shape index (κ2) is 10.7. The van der Waals surface area contributed by atoms with Crippen LogP contribution in [-0.4, -0.2) is 32.5 Å². The third kappa shape index (κ3) is 5.88. The summed E-state index contributed by atoms with van der Waals surface area (Å²) in [6.45, 7) is 10.5. The van der Waals surface area contributed by atoms with Gasteiger partial charge in [-0.2, -0.15) is 0 Å². The van der Waals surface area contributed by atoms with E-state index in [1.54, 1.807) is 0 Å². The molecule has 7 heteroatoms. The molecule has 1 unspecified atom stereocenters. The molecular formula is C23H32N4O2S. The number of ether oxygens (including phenoxy) is 1. The number of carbonyl (C=O) groups excluding carboxylic acids is 1. The van der Waals surface area contributed by atoms with Gasteiger partial charge in [-0.3, -0.25) is 9.36 Å². The zero-order valence-corrected chi connectivity index (χ0v) is 19.0. The van der Waals surface area contributed by atoms with Gasteiger partial charge in [0.15, 0.2) is 17.1 Å². The number of benzene rings is 1. The van der Waals surface area contributed by atoms with Crippen LogP contribution in [0.15, 0.2) is 36.0 Å². The van der Waals surface area contributed by atoms with Crippen LogP contribution in [0.25, 0.3) is 0 Å². The summed E-state index contributed by atoms with van der Waals surface area (Å²) in [7, 11) is 0. The van der Waals surface area contributed by atoms with E-state index in [0.29, 0.717) is 23.5 Å². The highest BCUT2D eigenvalue weighted by molar-refractivity contribution is 7.99. The largest absolute Gasteiger partial charge is 0.482 e. The molecule has 6 nitrogen and oxygen atoms in total. The third-order valence-corrected chi connectivity index (χ3v) is 6.32. The Labute approximate surface area is 183 Å². The fourth-order valence-electron chi connectivity index (χ4n) is 3.83. The second-order valence-electron chi connectivity index (χ2n) is 7.96. The van der Waals surface area contributed by atoms with Crippen LogP contribution >= 0.6 is 11.8 Å². The monoisotopic (exact) mass is 428 g/mol. The Hall–Kier alpha value is -2.28. The van der Waals surface area contributed by atoms with Gasteiger partial charge in [0.05, 0.1) is 5.75 Å². The van der Waals surface area contributed by atoms with Crippen molar-refractivity contribution < 1.29 is 9.53 Å². The highest BCUT2D eigenvalue weighted by atomic mass is 32.2. The molecule has 1 fully saturated rings. The zero-order valence-electron chi connectivity index (χ0n) is 18.2.